The third-order valence-corrected chi connectivity index (χ3v) is 5.84. The summed E-state index contributed by atoms with van der Waals surface area (Å²) in [5, 5.41) is 16.7. The topological polar surface area (TPSA) is 102 Å². The SMILES string of the molecule is O=C(CSc1nnc(CNC(=O)c2cccc(F)c2)n1-c1ccccc1)Nc1nccs1. The number of amides is 2. The van der Waals surface area contributed by atoms with Gasteiger partial charge in [0.05, 0.1) is 12.3 Å². The second-order valence-electron chi connectivity index (χ2n) is 6.44. The summed E-state index contributed by atoms with van der Waals surface area (Å²) in [6.07, 6.45) is 1.61. The monoisotopic (exact) mass is 468 g/mol. The van der Waals surface area contributed by atoms with Crippen LogP contribution in [-0.4, -0.2) is 37.3 Å². The molecule has 2 heterocycles. The number of thiazole rings is 1. The van der Waals surface area contributed by atoms with Crippen molar-refractivity contribution in [1.29, 1.82) is 0 Å². The number of carbonyl (C=O) groups excluding carboxylic acids is 2. The lowest BCUT2D eigenvalue weighted by Gasteiger charge is -2.11. The van der Waals surface area contributed by atoms with Crippen molar-refractivity contribution in [2.45, 2.75) is 11.7 Å². The number of anilines is 1. The Labute approximate surface area is 190 Å². The van der Waals surface area contributed by atoms with E-state index < -0.39 is 11.7 Å². The third kappa shape index (κ3) is 5.37. The summed E-state index contributed by atoms with van der Waals surface area (Å²) in [7, 11) is 0. The van der Waals surface area contributed by atoms with E-state index in [1.807, 2.05) is 30.3 Å². The van der Waals surface area contributed by atoms with Gasteiger partial charge >= 0.3 is 0 Å². The molecule has 2 amide bonds. The molecule has 0 unspecified atom stereocenters. The molecule has 2 aromatic carbocycles. The Morgan fingerprint density at radius 1 is 1.09 bits per heavy atom. The molecular weight excluding hydrogens is 451 g/mol. The Morgan fingerprint density at radius 2 is 1.94 bits per heavy atom. The van der Waals surface area contributed by atoms with Crippen LogP contribution in [0.5, 0.6) is 0 Å². The van der Waals surface area contributed by atoms with E-state index in [0.717, 1.165) is 5.69 Å². The standard InChI is InChI=1S/C21H17FN6O2S2/c22-15-6-4-5-14(11-15)19(30)24-12-17-26-27-21(28(17)16-7-2-1-3-8-16)32-13-18(29)25-20-23-9-10-31-20/h1-11H,12-13H2,(H,24,30)(H,23,25,29). The Kier molecular flexibility index (Phi) is 6.87. The van der Waals surface area contributed by atoms with E-state index in [9.17, 15) is 14.0 Å². The first-order valence-electron chi connectivity index (χ1n) is 9.46. The fraction of sp³-hybridized carbons (Fsp3) is 0.0952. The maximum absolute atomic E-state index is 13.4. The van der Waals surface area contributed by atoms with Gasteiger partial charge in [0, 0.05) is 22.8 Å². The smallest absolute Gasteiger partial charge is 0.251 e. The van der Waals surface area contributed by atoms with Gasteiger partial charge in [-0.3, -0.25) is 14.2 Å². The largest absolute Gasteiger partial charge is 0.345 e. The normalized spacial score (nSPS) is 10.7. The van der Waals surface area contributed by atoms with Crippen LogP contribution in [0.4, 0.5) is 9.52 Å². The van der Waals surface area contributed by atoms with Crippen LogP contribution in [0.15, 0.2) is 71.3 Å². The Bertz CT molecular complexity index is 1210. The fourth-order valence-electron chi connectivity index (χ4n) is 2.81. The van der Waals surface area contributed by atoms with Gasteiger partial charge in [0.1, 0.15) is 5.82 Å². The number of carbonyl (C=O) groups is 2. The maximum atomic E-state index is 13.4. The van der Waals surface area contributed by atoms with E-state index >= 15 is 0 Å². The number of hydrogen-bond acceptors (Lipinski definition) is 7. The summed E-state index contributed by atoms with van der Waals surface area (Å²) in [6.45, 7) is 0.0725. The number of nitrogens with zero attached hydrogens (tertiary/aromatic N) is 4. The van der Waals surface area contributed by atoms with Crippen molar-refractivity contribution < 1.29 is 14.0 Å². The number of nitrogens with one attached hydrogen (secondary N) is 2. The predicted molar refractivity (Wildman–Crippen MR) is 120 cm³/mol. The van der Waals surface area contributed by atoms with Gasteiger partial charge in [-0.25, -0.2) is 9.37 Å². The quantitative estimate of drug-likeness (QED) is 0.384. The molecule has 0 saturated carbocycles. The molecule has 0 saturated heterocycles. The van der Waals surface area contributed by atoms with Crippen LogP contribution < -0.4 is 10.6 Å². The highest BCUT2D eigenvalue weighted by Crippen LogP contribution is 2.22. The number of benzene rings is 2. The number of rotatable bonds is 8. The molecule has 0 aliphatic heterocycles. The maximum Gasteiger partial charge on any atom is 0.251 e. The van der Waals surface area contributed by atoms with Crippen LogP contribution in [0.1, 0.15) is 16.2 Å². The number of thioether (sulfide) groups is 1. The number of aromatic nitrogens is 4. The van der Waals surface area contributed by atoms with Crippen molar-refractivity contribution in [3.8, 4) is 5.69 Å². The highest BCUT2D eigenvalue weighted by Gasteiger charge is 2.17. The zero-order valence-corrected chi connectivity index (χ0v) is 18.2. The summed E-state index contributed by atoms with van der Waals surface area (Å²) >= 11 is 2.55. The van der Waals surface area contributed by atoms with Crippen LogP contribution in [0.2, 0.25) is 0 Å². The van der Waals surface area contributed by atoms with Gasteiger partial charge in [0.25, 0.3) is 5.91 Å². The van der Waals surface area contributed by atoms with Crippen LogP contribution in [0.3, 0.4) is 0 Å². The Balaban J connectivity index is 1.49. The summed E-state index contributed by atoms with van der Waals surface area (Å²) in [5.41, 5.74) is 1.000. The second-order valence-corrected chi connectivity index (χ2v) is 8.27. The van der Waals surface area contributed by atoms with Crippen LogP contribution in [-0.2, 0) is 11.3 Å². The average molecular weight is 469 g/mol. The van der Waals surface area contributed by atoms with Crippen molar-refractivity contribution in [3.63, 3.8) is 0 Å². The average Bonchev–Trinajstić information content (AvgIpc) is 3.46. The van der Waals surface area contributed by atoms with Gasteiger partial charge in [-0.2, -0.15) is 0 Å². The molecule has 0 fully saturated rings. The molecule has 2 aromatic heterocycles. The van der Waals surface area contributed by atoms with E-state index in [0.29, 0.717) is 16.1 Å². The first-order chi connectivity index (χ1) is 15.6. The first kappa shape index (κ1) is 21.7. The Hall–Kier alpha value is -3.57. The van der Waals surface area contributed by atoms with Gasteiger partial charge in [-0.05, 0) is 30.3 Å². The molecule has 2 N–H and O–H groups in total. The molecule has 162 valence electrons. The third-order valence-electron chi connectivity index (χ3n) is 4.22. The minimum atomic E-state index is -0.486. The number of para-hydroxylation sites is 1. The fourth-order valence-corrected chi connectivity index (χ4v) is 4.12. The van der Waals surface area contributed by atoms with Gasteiger partial charge in [0.2, 0.25) is 5.91 Å². The summed E-state index contributed by atoms with van der Waals surface area (Å²) < 4.78 is 15.2. The zero-order chi connectivity index (χ0) is 22.3. The molecule has 0 aliphatic rings. The molecule has 0 bridgehead atoms. The summed E-state index contributed by atoms with van der Waals surface area (Å²) in [4.78, 5) is 28.7. The van der Waals surface area contributed by atoms with Crippen molar-refractivity contribution >= 4 is 40.0 Å². The summed E-state index contributed by atoms with van der Waals surface area (Å²) in [6, 6.07) is 14.8. The van der Waals surface area contributed by atoms with Gasteiger partial charge in [-0.15, -0.1) is 21.5 Å². The van der Waals surface area contributed by atoms with E-state index in [-0.39, 0.29) is 23.8 Å². The van der Waals surface area contributed by atoms with E-state index in [1.54, 1.807) is 16.1 Å². The van der Waals surface area contributed by atoms with Crippen molar-refractivity contribution in [1.82, 2.24) is 25.1 Å². The van der Waals surface area contributed by atoms with Gasteiger partial charge in [0.15, 0.2) is 16.1 Å². The predicted octanol–water partition coefficient (Wildman–Crippen LogP) is 3.52. The van der Waals surface area contributed by atoms with Gasteiger partial charge < -0.3 is 10.6 Å². The zero-order valence-electron chi connectivity index (χ0n) is 16.6. The molecule has 0 atom stereocenters. The lowest BCUT2D eigenvalue weighted by Crippen LogP contribution is -2.24. The minimum Gasteiger partial charge on any atom is -0.345 e. The molecule has 11 heteroatoms. The highest BCUT2D eigenvalue weighted by atomic mass is 32.2. The molecule has 0 aliphatic carbocycles. The molecule has 0 radical (unpaired) electrons. The molecule has 0 spiro atoms. The molecule has 8 nitrogen and oxygen atoms in total. The number of hydrogen-bond donors (Lipinski definition) is 2. The second kappa shape index (κ2) is 10.2. The number of halogens is 1. The van der Waals surface area contributed by atoms with Gasteiger partial charge in [-0.1, -0.05) is 36.0 Å². The minimum absolute atomic E-state index is 0.0725. The van der Waals surface area contributed by atoms with Crippen LogP contribution in [0, 0.1) is 5.82 Å². The van der Waals surface area contributed by atoms with E-state index in [2.05, 4.69) is 25.8 Å². The van der Waals surface area contributed by atoms with Crippen LogP contribution >= 0.6 is 23.1 Å². The molecule has 32 heavy (non-hydrogen) atoms. The lowest BCUT2D eigenvalue weighted by molar-refractivity contribution is -0.113. The van der Waals surface area contributed by atoms with E-state index in [1.165, 1.54) is 47.4 Å². The molecule has 4 aromatic rings. The van der Waals surface area contributed by atoms with E-state index in [4.69, 9.17) is 0 Å². The highest BCUT2D eigenvalue weighted by molar-refractivity contribution is 7.99. The van der Waals surface area contributed by atoms with Crippen LogP contribution in [0.25, 0.3) is 5.69 Å². The van der Waals surface area contributed by atoms with Crippen molar-refractivity contribution in [2.75, 3.05) is 11.1 Å². The Morgan fingerprint density at radius 3 is 2.69 bits per heavy atom. The summed E-state index contributed by atoms with van der Waals surface area (Å²) in [5.74, 6) is -0.540. The van der Waals surface area contributed by atoms with Crippen molar-refractivity contribution in [2.24, 2.45) is 0 Å². The van der Waals surface area contributed by atoms with Crippen molar-refractivity contribution in [3.05, 3.63) is 83.4 Å². The first-order valence-corrected chi connectivity index (χ1v) is 11.3. The molecule has 4 rings (SSSR count). The lowest BCUT2D eigenvalue weighted by atomic mass is 10.2. The molecular formula is C21H17FN6O2S2.